The SMILES string of the molecule is O=C(C1CCOCC1)N1CCC2(CC(Nc3ncccn3)C2)C1. The number of nitrogens with one attached hydrogen (secondary N) is 1. The highest BCUT2D eigenvalue weighted by molar-refractivity contribution is 5.79. The minimum absolute atomic E-state index is 0.186. The minimum atomic E-state index is 0.186. The Morgan fingerprint density at radius 2 is 2.00 bits per heavy atom. The molecule has 0 bridgehead atoms. The first-order valence-electron chi connectivity index (χ1n) is 8.64. The molecule has 3 aliphatic rings. The number of likely N-dealkylation sites (tertiary alicyclic amines) is 1. The van der Waals surface area contributed by atoms with Gasteiger partial charge in [-0.3, -0.25) is 4.79 Å². The predicted octanol–water partition coefficient (Wildman–Crippen LogP) is 1.70. The molecule has 124 valence electrons. The van der Waals surface area contributed by atoms with Crippen molar-refractivity contribution in [2.45, 2.75) is 38.1 Å². The number of anilines is 1. The van der Waals surface area contributed by atoms with Gasteiger partial charge in [0.05, 0.1) is 0 Å². The average molecular weight is 316 g/mol. The zero-order valence-corrected chi connectivity index (χ0v) is 13.4. The van der Waals surface area contributed by atoms with Crippen LogP contribution in [0.25, 0.3) is 0 Å². The molecule has 23 heavy (non-hydrogen) atoms. The van der Waals surface area contributed by atoms with E-state index in [1.54, 1.807) is 12.4 Å². The average Bonchev–Trinajstić information content (AvgIpc) is 3.01. The van der Waals surface area contributed by atoms with Crippen LogP contribution in [0.15, 0.2) is 18.5 Å². The molecule has 6 heteroatoms. The van der Waals surface area contributed by atoms with Crippen molar-refractivity contribution in [3.63, 3.8) is 0 Å². The molecule has 1 N–H and O–H groups in total. The van der Waals surface area contributed by atoms with Crippen molar-refractivity contribution in [1.82, 2.24) is 14.9 Å². The molecule has 1 amide bonds. The largest absolute Gasteiger partial charge is 0.381 e. The summed E-state index contributed by atoms with van der Waals surface area (Å²) in [6, 6.07) is 2.26. The quantitative estimate of drug-likeness (QED) is 0.919. The molecular weight excluding hydrogens is 292 g/mol. The zero-order chi connectivity index (χ0) is 15.7. The highest BCUT2D eigenvalue weighted by atomic mass is 16.5. The number of rotatable bonds is 3. The highest BCUT2D eigenvalue weighted by Gasteiger charge is 2.50. The Balaban J connectivity index is 1.28. The van der Waals surface area contributed by atoms with E-state index in [2.05, 4.69) is 20.2 Å². The Kier molecular flexibility index (Phi) is 3.93. The number of carbonyl (C=O) groups is 1. The maximum atomic E-state index is 12.6. The Hall–Kier alpha value is -1.69. The first-order valence-corrected chi connectivity index (χ1v) is 8.64. The summed E-state index contributed by atoms with van der Waals surface area (Å²) < 4.78 is 5.37. The van der Waals surface area contributed by atoms with E-state index in [1.165, 1.54) is 0 Å². The summed E-state index contributed by atoms with van der Waals surface area (Å²) in [4.78, 5) is 23.2. The zero-order valence-electron chi connectivity index (χ0n) is 13.4. The number of hydrogen-bond donors (Lipinski definition) is 1. The van der Waals surface area contributed by atoms with Crippen molar-refractivity contribution in [3.8, 4) is 0 Å². The van der Waals surface area contributed by atoms with Crippen LogP contribution in [-0.2, 0) is 9.53 Å². The highest BCUT2D eigenvalue weighted by Crippen LogP contribution is 2.49. The van der Waals surface area contributed by atoms with Crippen LogP contribution in [0.5, 0.6) is 0 Å². The lowest BCUT2D eigenvalue weighted by atomic mass is 9.65. The lowest BCUT2D eigenvalue weighted by Gasteiger charge is -2.45. The number of nitrogens with zero attached hydrogens (tertiary/aromatic N) is 3. The Bertz CT molecular complexity index is 553. The topological polar surface area (TPSA) is 67.3 Å². The molecule has 1 aliphatic carbocycles. The van der Waals surface area contributed by atoms with Gasteiger partial charge in [-0.05, 0) is 43.6 Å². The van der Waals surface area contributed by atoms with Gasteiger partial charge in [0, 0.05) is 50.7 Å². The van der Waals surface area contributed by atoms with Crippen molar-refractivity contribution < 1.29 is 9.53 Å². The minimum Gasteiger partial charge on any atom is -0.381 e. The Labute approximate surface area is 136 Å². The maximum Gasteiger partial charge on any atom is 0.225 e. The van der Waals surface area contributed by atoms with Gasteiger partial charge in [0.2, 0.25) is 11.9 Å². The molecule has 3 fully saturated rings. The summed E-state index contributed by atoms with van der Waals surface area (Å²) in [6.07, 6.45) is 8.65. The molecule has 1 spiro atoms. The van der Waals surface area contributed by atoms with Crippen LogP contribution in [-0.4, -0.2) is 53.1 Å². The predicted molar refractivity (Wildman–Crippen MR) is 85.8 cm³/mol. The lowest BCUT2D eigenvalue weighted by molar-refractivity contribution is -0.138. The maximum absolute atomic E-state index is 12.6. The molecule has 3 heterocycles. The molecule has 1 aromatic rings. The number of aromatic nitrogens is 2. The van der Waals surface area contributed by atoms with Gasteiger partial charge in [0.1, 0.15) is 0 Å². The van der Waals surface area contributed by atoms with Gasteiger partial charge in [-0.2, -0.15) is 0 Å². The smallest absolute Gasteiger partial charge is 0.225 e. The summed E-state index contributed by atoms with van der Waals surface area (Å²) in [7, 11) is 0. The van der Waals surface area contributed by atoms with Crippen molar-refractivity contribution in [2.24, 2.45) is 11.3 Å². The van der Waals surface area contributed by atoms with E-state index in [-0.39, 0.29) is 5.92 Å². The molecule has 2 aliphatic heterocycles. The van der Waals surface area contributed by atoms with Crippen molar-refractivity contribution in [2.75, 3.05) is 31.6 Å². The second kappa shape index (κ2) is 6.07. The summed E-state index contributed by atoms with van der Waals surface area (Å²) in [5.41, 5.74) is 0.327. The van der Waals surface area contributed by atoms with Gasteiger partial charge in [-0.1, -0.05) is 0 Å². The van der Waals surface area contributed by atoms with Gasteiger partial charge in [-0.25, -0.2) is 9.97 Å². The molecule has 6 nitrogen and oxygen atoms in total. The van der Waals surface area contributed by atoms with Crippen LogP contribution < -0.4 is 5.32 Å². The normalized spacial score (nSPS) is 31.1. The number of hydrogen-bond acceptors (Lipinski definition) is 5. The number of ether oxygens (including phenoxy) is 1. The monoisotopic (exact) mass is 316 g/mol. The molecule has 4 rings (SSSR count). The van der Waals surface area contributed by atoms with Gasteiger partial charge in [0.15, 0.2) is 0 Å². The molecule has 0 atom stereocenters. The summed E-state index contributed by atoms with van der Waals surface area (Å²) in [5, 5.41) is 3.39. The van der Waals surface area contributed by atoms with E-state index in [0.29, 0.717) is 23.3 Å². The molecule has 1 saturated carbocycles. The van der Waals surface area contributed by atoms with Gasteiger partial charge < -0.3 is 15.0 Å². The Morgan fingerprint density at radius 3 is 2.74 bits per heavy atom. The van der Waals surface area contributed by atoms with Gasteiger partial charge in [-0.15, -0.1) is 0 Å². The number of amides is 1. The number of carbonyl (C=O) groups excluding carboxylic acids is 1. The van der Waals surface area contributed by atoms with E-state index in [4.69, 9.17) is 4.74 Å². The third-order valence-electron chi connectivity index (χ3n) is 5.58. The first-order chi connectivity index (χ1) is 11.2. The van der Waals surface area contributed by atoms with E-state index in [9.17, 15) is 4.79 Å². The van der Waals surface area contributed by atoms with E-state index in [1.807, 2.05) is 6.07 Å². The summed E-state index contributed by atoms with van der Waals surface area (Å²) in [5.74, 6) is 1.25. The van der Waals surface area contributed by atoms with Crippen LogP contribution in [0.2, 0.25) is 0 Å². The third kappa shape index (κ3) is 3.04. The molecule has 2 saturated heterocycles. The second-order valence-electron chi connectivity index (χ2n) is 7.22. The summed E-state index contributed by atoms with van der Waals surface area (Å²) in [6.45, 7) is 3.32. The van der Waals surface area contributed by atoms with E-state index < -0.39 is 0 Å². The first kappa shape index (κ1) is 14.9. The molecule has 0 aromatic carbocycles. The lowest BCUT2D eigenvalue weighted by Crippen LogP contribution is -2.48. The fourth-order valence-corrected chi connectivity index (χ4v) is 4.30. The van der Waals surface area contributed by atoms with Crippen LogP contribution in [0, 0.1) is 11.3 Å². The van der Waals surface area contributed by atoms with Gasteiger partial charge in [0.25, 0.3) is 0 Å². The van der Waals surface area contributed by atoms with Crippen LogP contribution >= 0.6 is 0 Å². The summed E-state index contributed by atoms with van der Waals surface area (Å²) >= 11 is 0. The molecule has 1 aromatic heterocycles. The fourth-order valence-electron chi connectivity index (χ4n) is 4.30. The molecular formula is C17H24N4O2. The second-order valence-corrected chi connectivity index (χ2v) is 7.22. The van der Waals surface area contributed by atoms with Crippen molar-refractivity contribution in [3.05, 3.63) is 18.5 Å². The van der Waals surface area contributed by atoms with Gasteiger partial charge >= 0.3 is 0 Å². The standard InChI is InChI=1S/C17H24N4O2/c22-15(13-2-8-23-9-3-13)21-7-4-17(12-21)10-14(11-17)20-16-18-5-1-6-19-16/h1,5-6,13-14H,2-4,7-12H2,(H,18,19,20). The molecule has 0 unspecified atom stereocenters. The van der Waals surface area contributed by atoms with Crippen molar-refractivity contribution >= 4 is 11.9 Å². The van der Waals surface area contributed by atoms with E-state index in [0.717, 1.165) is 58.4 Å². The van der Waals surface area contributed by atoms with E-state index >= 15 is 0 Å². The fraction of sp³-hybridized carbons (Fsp3) is 0.706. The van der Waals surface area contributed by atoms with Crippen LogP contribution in [0.3, 0.4) is 0 Å². The van der Waals surface area contributed by atoms with Crippen molar-refractivity contribution in [1.29, 1.82) is 0 Å². The molecule has 0 radical (unpaired) electrons. The van der Waals surface area contributed by atoms with Crippen LogP contribution in [0.4, 0.5) is 5.95 Å². The van der Waals surface area contributed by atoms with Crippen LogP contribution in [0.1, 0.15) is 32.1 Å². The Morgan fingerprint density at radius 1 is 1.26 bits per heavy atom. The third-order valence-corrected chi connectivity index (χ3v) is 5.58.